The molecule has 2 rings (SSSR count). The molecule has 21 heavy (non-hydrogen) atoms. The summed E-state index contributed by atoms with van der Waals surface area (Å²) in [5.41, 5.74) is 4.22. The van der Waals surface area contributed by atoms with E-state index in [0.717, 1.165) is 12.8 Å². The second kappa shape index (κ2) is 5.87. The lowest BCUT2D eigenvalue weighted by atomic mass is 10.0. The van der Waals surface area contributed by atoms with Crippen LogP contribution in [0, 0.1) is 10.1 Å². The zero-order valence-electron chi connectivity index (χ0n) is 11.5. The first-order valence-electron chi connectivity index (χ1n) is 6.46. The molecule has 0 aromatic heterocycles. The van der Waals surface area contributed by atoms with Gasteiger partial charge in [0.1, 0.15) is 22.9 Å². The SMILES string of the molecule is CC(COc1ccc([N+](=O)[O-])c(Cl)c1)(NC1CC1)C(N)=O. The van der Waals surface area contributed by atoms with Crippen LogP contribution in [0.4, 0.5) is 5.69 Å². The number of amides is 1. The first kappa shape index (κ1) is 15.5. The van der Waals surface area contributed by atoms with E-state index in [-0.39, 0.29) is 23.4 Å². The van der Waals surface area contributed by atoms with Crippen LogP contribution in [0.2, 0.25) is 5.02 Å². The Morgan fingerprint density at radius 2 is 2.29 bits per heavy atom. The van der Waals surface area contributed by atoms with Crippen molar-refractivity contribution in [3.63, 3.8) is 0 Å². The Morgan fingerprint density at radius 3 is 2.76 bits per heavy atom. The summed E-state index contributed by atoms with van der Waals surface area (Å²) in [7, 11) is 0. The van der Waals surface area contributed by atoms with Crippen LogP contribution in [0.3, 0.4) is 0 Å². The van der Waals surface area contributed by atoms with E-state index in [9.17, 15) is 14.9 Å². The third-order valence-corrected chi connectivity index (χ3v) is 3.59. The fourth-order valence-electron chi connectivity index (χ4n) is 1.82. The van der Waals surface area contributed by atoms with E-state index in [4.69, 9.17) is 22.1 Å². The molecule has 0 saturated heterocycles. The molecule has 0 heterocycles. The fourth-order valence-corrected chi connectivity index (χ4v) is 2.05. The average molecular weight is 314 g/mol. The number of carbonyl (C=O) groups excluding carboxylic acids is 1. The molecule has 1 fully saturated rings. The van der Waals surface area contributed by atoms with Gasteiger partial charge in [0.15, 0.2) is 0 Å². The van der Waals surface area contributed by atoms with E-state index in [1.165, 1.54) is 18.2 Å². The van der Waals surface area contributed by atoms with Gasteiger partial charge in [0, 0.05) is 18.2 Å². The lowest BCUT2D eigenvalue weighted by molar-refractivity contribution is -0.384. The molecule has 1 aromatic rings. The van der Waals surface area contributed by atoms with E-state index in [2.05, 4.69) is 5.32 Å². The number of nitrogens with two attached hydrogens (primary N) is 1. The number of ether oxygens (including phenoxy) is 1. The van der Waals surface area contributed by atoms with E-state index < -0.39 is 16.4 Å². The number of nitrogens with one attached hydrogen (secondary N) is 1. The van der Waals surface area contributed by atoms with Gasteiger partial charge >= 0.3 is 0 Å². The number of nitro groups is 1. The lowest BCUT2D eigenvalue weighted by Crippen LogP contribution is -2.57. The van der Waals surface area contributed by atoms with Crippen LogP contribution in [0.5, 0.6) is 5.75 Å². The minimum Gasteiger partial charge on any atom is -0.491 e. The maximum atomic E-state index is 11.6. The number of halogens is 1. The van der Waals surface area contributed by atoms with E-state index in [0.29, 0.717) is 5.75 Å². The van der Waals surface area contributed by atoms with Gasteiger partial charge in [-0.15, -0.1) is 0 Å². The molecule has 1 aliphatic carbocycles. The third-order valence-electron chi connectivity index (χ3n) is 3.29. The highest BCUT2D eigenvalue weighted by Gasteiger charge is 2.37. The fraction of sp³-hybridized carbons (Fsp3) is 0.462. The molecule has 0 radical (unpaired) electrons. The molecule has 3 N–H and O–H groups in total. The van der Waals surface area contributed by atoms with Crippen molar-refractivity contribution in [3.05, 3.63) is 33.3 Å². The van der Waals surface area contributed by atoms with Gasteiger partial charge < -0.3 is 10.5 Å². The molecule has 0 aliphatic heterocycles. The second-order valence-electron chi connectivity index (χ2n) is 5.27. The summed E-state index contributed by atoms with van der Waals surface area (Å²) >= 11 is 5.80. The zero-order valence-corrected chi connectivity index (χ0v) is 12.2. The lowest BCUT2D eigenvalue weighted by Gasteiger charge is -2.27. The normalized spacial score (nSPS) is 17.0. The number of carbonyl (C=O) groups is 1. The summed E-state index contributed by atoms with van der Waals surface area (Å²) in [6, 6.07) is 4.32. The van der Waals surface area contributed by atoms with E-state index in [1.54, 1.807) is 6.92 Å². The molecule has 1 atom stereocenters. The van der Waals surface area contributed by atoms with Gasteiger partial charge in [-0.1, -0.05) is 11.6 Å². The summed E-state index contributed by atoms with van der Waals surface area (Å²) in [4.78, 5) is 21.7. The van der Waals surface area contributed by atoms with Crippen molar-refractivity contribution in [3.8, 4) is 5.75 Å². The molecule has 1 unspecified atom stereocenters. The summed E-state index contributed by atoms with van der Waals surface area (Å²) < 4.78 is 5.51. The predicted molar refractivity (Wildman–Crippen MR) is 77.4 cm³/mol. The number of rotatable bonds is 7. The maximum Gasteiger partial charge on any atom is 0.288 e. The van der Waals surface area contributed by atoms with Crippen LogP contribution in [0.1, 0.15) is 19.8 Å². The monoisotopic (exact) mass is 313 g/mol. The molecule has 0 bridgehead atoms. The smallest absolute Gasteiger partial charge is 0.288 e. The Bertz CT molecular complexity index is 577. The molecule has 1 saturated carbocycles. The van der Waals surface area contributed by atoms with Gasteiger partial charge in [0.05, 0.1) is 4.92 Å². The van der Waals surface area contributed by atoms with E-state index >= 15 is 0 Å². The zero-order chi connectivity index (χ0) is 15.6. The van der Waals surface area contributed by atoms with Crippen LogP contribution in [0.15, 0.2) is 18.2 Å². The van der Waals surface area contributed by atoms with Gasteiger partial charge in [0.2, 0.25) is 5.91 Å². The predicted octanol–water partition coefficient (Wildman–Crippen LogP) is 1.62. The maximum absolute atomic E-state index is 11.6. The molecule has 0 spiro atoms. The van der Waals surface area contributed by atoms with Gasteiger partial charge in [-0.2, -0.15) is 0 Å². The number of nitro benzene ring substituents is 1. The highest BCUT2D eigenvalue weighted by molar-refractivity contribution is 6.32. The van der Waals surface area contributed by atoms with Crippen molar-refractivity contribution < 1.29 is 14.5 Å². The first-order chi connectivity index (χ1) is 9.82. The minimum atomic E-state index is -0.991. The Balaban J connectivity index is 2.05. The molecular weight excluding hydrogens is 298 g/mol. The van der Waals surface area contributed by atoms with E-state index in [1.807, 2.05) is 0 Å². The third kappa shape index (κ3) is 3.83. The molecule has 1 aromatic carbocycles. The van der Waals surface area contributed by atoms with Gasteiger partial charge in [-0.3, -0.25) is 20.2 Å². The molecule has 114 valence electrons. The summed E-state index contributed by atoms with van der Waals surface area (Å²) in [5, 5.41) is 13.8. The first-order valence-corrected chi connectivity index (χ1v) is 6.84. The van der Waals surface area contributed by atoms with Gasteiger partial charge in [0.25, 0.3) is 5.69 Å². The molecule has 7 nitrogen and oxygen atoms in total. The summed E-state index contributed by atoms with van der Waals surface area (Å²) in [6.45, 7) is 1.69. The summed E-state index contributed by atoms with van der Waals surface area (Å²) in [6.07, 6.45) is 2.01. The van der Waals surface area contributed by atoms with Crippen LogP contribution < -0.4 is 15.8 Å². The second-order valence-corrected chi connectivity index (χ2v) is 5.68. The molecular formula is C13H16ClN3O4. The number of benzene rings is 1. The highest BCUT2D eigenvalue weighted by Crippen LogP contribution is 2.29. The Kier molecular flexibility index (Phi) is 4.34. The highest BCUT2D eigenvalue weighted by atomic mass is 35.5. The summed E-state index contributed by atoms with van der Waals surface area (Å²) in [5.74, 6) is -0.168. The van der Waals surface area contributed by atoms with Crippen LogP contribution in [-0.2, 0) is 4.79 Å². The average Bonchev–Trinajstić information content (AvgIpc) is 3.19. The molecule has 1 amide bonds. The molecule has 1 aliphatic rings. The van der Waals surface area contributed by atoms with Crippen molar-refractivity contribution in [2.75, 3.05) is 6.61 Å². The topological polar surface area (TPSA) is 107 Å². The van der Waals surface area contributed by atoms with Crippen molar-refractivity contribution in [1.29, 1.82) is 0 Å². The van der Waals surface area contributed by atoms with Gasteiger partial charge in [-0.25, -0.2) is 0 Å². The minimum absolute atomic E-state index is 0.0200. The van der Waals surface area contributed by atoms with Crippen LogP contribution in [-0.4, -0.2) is 29.0 Å². The molecule has 8 heteroatoms. The Labute approximate surface area is 126 Å². The van der Waals surface area contributed by atoms with Crippen LogP contribution in [0.25, 0.3) is 0 Å². The van der Waals surface area contributed by atoms with Gasteiger partial charge in [-0.05, 0) is 25.8 Å². The number of nitrogens with zero attached hydrogens (tertiary/aromatic N) is 1. The van der Waals surface area contributed by atoms with Crippen LogP contribution >= 0.6 is 11.6 Å². The standard InChI is InChI=1S/C13H16ClN3O4/c1-13(12(15)18,16-8-2-3-8)7-21-9-4-5-11(17(19)20)10(14)6-9/h4-6,8,16H,2-3,7H2,1H3,(H2,15,18). The number of primary amides is 1. The largest absolute Gasteiger partial charge is 0.491 e. The Hall–Kier alpha value is -1.86. The number of hydrogen-bond acceptors (Lipinski definition) is 5. The quantitative estimate of drug-likeness (QED) is 0.587. The van der Waals surface area contributed by atoms with Crippen molar-refractivity contribution >= 4 is 23.2 Å². The van der Waals surface area contributed by atoms with Crippen molar-refractivity contribution in [2.24, 2.45) is 5.73 Å². The van der Waals surface area contributed by atoms with Crippen molar-refractivity contribution in [2.45, 2.75) is 31.3 Å². The van der Waals surface area contributed by atoms with Crippen molar-refractivity contribution in [1.82, 2.24) is 5.32 Å². The number of hydrogen-bond donors (Lipinski definition) is 2. The Morgan fingerprint density at radius 1 is 1.62 bits per heavy atom.